The molecule has 24 heavy (non-hydrogen) atoms. The number of ether oxygens (including phenoxy) is 1. The summed E-state index contributed by atoms with van der Waals surface area (Å²) in [6.45, 7) is 1.51. The van der Waals surface area contributed by atoms with Crippen molar-refractivity contribution in [2.24, 2.45) is 0 Å². The second-order valence-electron chi connectivity index (χ2n) is 6.08. The number of amides is 1. The number of aromatic amines is 1. The Balaban J connectivity index is 1.53. The van der Waals surface area contributed by atoms with E-state index in [2.05, 4.69) is 4.98 Å². The van der Waals surface area contributed by atoms with E-state index in [-0.39, 0.29) is 11.8 Å². The standard InChI is InChI=1S/C18H19N3O2S/c1-23-13-9-16(24-11-13)18(22)21-8-4-5-12(10-21)17-19-14-6-2-3-7-15(14)20-17/h2-3,6-7,9,11-12H,4-5,8,10H2,1H3,(H,19,20). The van der Waals surface area contributed by atoms with Crippen molar-refractivity contribution < 1.29 is 9.53 Å². The molecule has 1 aliphatic heterocycles. The van der Waals surface area contributed by atoms with Crippen molar-refractivity contribution in [3.8, 4) is 5.75 Å². The lowest BCUT2D eigenvalue weighted by atomic mass is 9.97. The van der Waals surface area contributed by atoms with Crippen LogP contribution in [-0.4, -0.2) is 41.0 Å². The molecule has 5 nitrogen and oxygen atoms in total. The van der Waals surface area contributed by atoms with Gasteiger partial charge in [-0.25, -0.2) is 4.98 Å². The van der Waals surface area contributed by atoms with Gasteiger partial charge in [-0.3, -0.25) is 4.79 Å². The van der Waals surface area contributed by atoms with Gasteiger partial charge in [0, 0.05) is 30.5 Å². The number of carbonyl (C=O) groups excluding carboxylic acids is 1. The van der Waals surface area contributed by atoms with Gasteiger partial charge in [-0.1, -0.05) is 12.1 Å². The Labute approximate surface area is 144 Å². The number of benzene rings is 1. The van der Waals surface area contributed by atoms with Crippen LogP contribution >= 0.6 is 11.3 Å². The third kappa shape index (κ3) is 2.78. The zero-order valence-electron chi connectivity index (χ0n) is 13.5. The summed E-state index contributed by atoms with van der Waals surface area (Å²) in [6, 6.07) is 9.87. The predicted molar refractivity (Wildman–Crippen MR) is 94.8 cm³/mol. The Bertz CT molecular complexity index is 837. The first-order valence-corrected chi connectivity index (χ1v) is 8.99. The lowest BCUT2D eigenvalue weighted by Crippen LogP contribution is -2.39. The van der Waals surface area contributed by atoms with E-state index in [9.17, 15) is 4.79 Å². The number of H-pyrrole nitrogens is 1. The Morgan fingerprint density at radius 3 is 3.08 bits per heavy atom. The minimum atomic E-state index is 0.0871. The number of nitrogens with zero attached hydrogens (tertiary/aromatic N) is 2. The van der Waals surface area contributed by atoms with E-state index in [0.717, 1.165) is 46.9 Å². The molecule has 1 N–H and O–H groups in total. The summed E-state index contributed by atoms with van der Waals surface area (Å²) in [6.07, 6.45) is 2.05. The fourth-order valence-electron chi connectivity index (χ4n) is 3.24. The summed E-state index contributed by atoms with van der Waals surface area (Å²) in [5.41, 5.74) is 2.04. The quantitative estimate of drug-likeness (QED) is 0.791. The van der Waals surface area contributed by atoms with E-state index in [4.69, 9.17) is 9.72 Å². The van der Waals surface area contributed by atoms with Crippen LogP contribution in [0.5, 0.6) is 5.75 Å². The van der Waals surface area contributed by atoms with Crippen molar-refractivity contribution in [1.29, 1.82) is 0 Å². The van der Waals surface area contributed by atoms with E-state index in [0.29, 0.717) is 6.54 Å². The van der Waals surface area contributed by atoms with E-state index in [1.54, 1.807) is 7.11 Å². The number of likely N-dealkylation sites (tertiary alicyclic amines) is 1. The number of nitrogens with one attached hydrogen (secondary N) is 1. The molecule has 1 aliphatic rings. The molecule has 3 aromatic rings. The molecule has 1 aromatic carbocycles. The minimum absolute atomic E-state index is 0.0871. The third-order valence-corrected chi connectivity index (χ3v) is 5.42. The highest BCUT2D eigenvalue weighted by atomic mass is 32.1. The number of hydrogen-bond acceptors (Lipinski definition) is 4. The van der Waals surface area contributed by atoms with Gasteiger partial charge >= 0.3 is 0 Å². The number of fused-ring (bicyclic) bond motifs is 1. The largest absolute Gasteiger partial charge is 0.496 e. The van der Waals surface area contributed by atoms with Crippen molar-refractivity contribution in [3.05, 3.63) is 46.4 Å². The molecule has 1 atom stereocenters. The van der Waals surface area contributed by atoms with Gasteiger partial charge in [0.1, 0.15) is 11.6 Å². The molecular weight excluding hydrogens is 322 g/mol. The van der Waals surface area contributed by atoms with Gasteiger partial charge in [-0.05, 0) is 25.0 Å². The van der Waals surface area contributed by atoms with Gasteiger partial charge in [0.2, 0.25) is 0 Å². The molecule has 3 heterocycles. The molecule has 0 bridgehead atoms. The predicted octanol–water partition coefficient (Wildman–Crippen LogP) is 3.65. The van der Waals surface area contributed by atoms with Crippen LogP contribution < -0.4 is 4.74 Å². The fourth-order valence-corrected chi connectivity index (χ4v) is 4.07. The highest BCUT2D eigenvalue weighted by molar-refractivity contribution is 7.12. The van der Waals surface area contributed by atoms with Gasteiger partial charge in [0.05, 0.1) is 23.0 Å². The molecule has 2 aromatic heterocycles. The second kappa shape index (κ2) is 6.28. The highest BCUT2D eigenvalue weighted by Crippen LogP contribution is 2.29. The lowest BCUT2D eigenvalue weighted by molar-refractivity contribution is 0.0709. The molecule has 0 spiro atoms. The van der Waals surface area contributed by atoms with Gasteiger partial charge in [-0.15, -0.1) is 11.3 Å². The second-order valence-corrected chi connectivity index (χ2v) is 6.99. The number of carbonyl (C=O) groups is 1. The van der Waals surface area contributed by atoms with Crippen LogP contribution in [0.4, 0.5) is 0 Å². The van der Waals surface area contributed by atoms with Crippen LogP contribution in [0.25, 0.3) is 11.0 Å². The molecule has 124 valence electrons. The molecular formula is C18H19N3O2S. The molecule has 0 saturated carbocycles. The number of methoxy groups -OCH3 is 1. The summed E-state index contributed by atoms with van der Waals surface area (Å²) in [7, 11) is 1.62. The summed E-state index contributed by atoms with van der Waals surface area (Å²) in [4.78, 5) is 23.5. The van der Waals surface area contributed by atoms with E-state index >= 15 is 0 Å². The summed E-state index contributed by atoms with van der Waals surface area (Å²) < 4.78 is 5.18. The smallest absolute Gasteiger partial charge is 0.264 e. The number of para-hydroxylation sites is 2. The summed E-state index contributed by atoms with van der Waals surface area (Å²) >= 11 is 1.44. The molecule has 1 fully saturated rings. The SMILES string of the molecule is COc1csc(C(=O)N2CCCC(c3nc4ccccc4[nH]3)C2)c1. The summed E-state index contributed by atoms with van der Waals surface area (Å²) in [5, 5.41) is 1.87. The number of thiophene rings is 1. The van der Waals surface area contributed by atoms with E-state index in [1.807, 2.05) is 40.6 Å². The number of imidazole rings is 1. The van der Waals surface area contributed by atoms with Crippen LogP contribution in [0.1, 0.15) is 34.3 Å². The molecule has 1 unspecified atom stereocenters. The van der Waals surface area contributed by atoms with Crippen LogP contribution in [0.15, 0.2) is 35.7 Å². The minimum Gasteiger partial charge on any atom is -0.496 e. The van der Waals surface area contributed by atoms with E-state index in [1.165, 1.54) is 11.3 Å². The Kier molecular flexibility index (Phi) is 3.98. The number of aromatic nitrogens is 2. The maximum Gasteiger partial charge on any atom is 0.264 e. The Morgan fingerprint density at radius 2 is 2.29 bits per heavy atom. The summed E-state index contributed by atoms with van der Waals surface area (Å²) in [5.74, 6) is 2.08. The van der Waals surface area contributed by atoms with Gasteiger partial charge in [-0.2, -0.15) is 0 Å². The maximum absolute atomic E-state index is 12.7. The number of piperidine rings is 1. The molecule has 0 radical (unpaired) electrons. The molecule has 6 heteroatoms. The van der Waals surface area contributed by atoms with Crippen molar-refractivity contribution in [3.63, 3.8) is 0 Å². The first-order valence-electron chi connectivity index (χ1n) is 8.11. The van der Waals surface area contributed by atoms with Crippen molar-refractivity contribution in [2.45, 2.75) is 18.8 Å². The van der Waals surface area contributed by atoms with Crippen molar-refractivity contribution in [1.82, 2.24) is 14.9 Å². The Hall–Kier alpha value is -2.34. The van der Waals surface area contributed by atoms with Crippen molar-refractivity contribution in [2.75, 3.05) is 20.2 Å². The van der Waals surface area contributed by atoms with Gasteiger partial charge in [0.15, 0.2) is 0 Å². The van der Waals surface area contributed by atoms with Crippen LogP contribution in [0.2, 0.25) is 0 Å². The van der Waals surface area contributed by atoms with Crippen LogP contribution in [0, 0.1) is 0 Å². The van der Waals surface area contributed by atoms with Gasteiger partial charge < -0.3 is 14.6 Å². The third-order valence-electron chi connectivity index (χ3n) is 4.52. The average molecular weight is 341 g/mol. The fraction of sp³-hybridized carbons (Fsp3) is 0.333. The molecule has 1 saturated heterocycles. The molecule has 0 aliphatic carbocycles. The molecule has 4 rings (SSSR count). The maximum atomic E-state index is 12.7. The first kappa shape index (κ1) is 15.2. The normalized spacial score (nSPS) is 18.0. The van der Waals surface area contributed by atoms with Crippen LogP contribution in [0.3, 0.4) is 0 Å². The van der Waals surface area contributed by atoms with Crippen molar-refractivity contribution >= 4 is 28.3 Å². The topological polar surface area (TPSA) is 58.2 Å². The molecule has 1 amide bonds. The van der Waals surface area contributed by atoms with Crippen LogP contribution in [-0.2, 0) is 0 Å². The van der Waals surface area contributed by atoms with Gasteiger partial charge in [0.25, 0.3) is 5.91 Å². The monoisotopic (exact) mass is 341 g/mol. The zero-order chi connectivity index (χ0) is 16.5. The zero-order valence-corrected chi connectivity index (χ0v) is 14.3. The Morgan fingerprint density at radius 1 is 1.42 bits per heavy atom. The number of rotatable bonds is 3. The first-order chi connectivity index (χ1) is 11.7. The highest BCUT2D eigenvalue weighted by Gasteiger charge is 2.28. The average Bonchev–Trinajstić information content (AvgIpc) is 3.28. The van der Waals surface area contributed by atoms with E-state index < -0.39 is 0 Å². The lowest BCUT2D eigenvalue weighted by Gasteiger charge is -2.31. The number of hydrogen-bond donors (Lipinski definition) is 1.